The van der Waals surface area contributed by atoms with Crippen molar-refractivity contribution in [2.45, 2.75) is 26.8 Å². The summed E-state index contributed by atoms with van der Waals surface area (Å²) in [5.41, 5.74) is 2.53. The van der Waals surface area contributed by atoms with Crippen LogP contribution in [0.5, 0.6) is 0 Å². The molecule has 0 amide bonds. The van der Waals surface area contributed by atoms with E-state index in [4.69, 9.17) is 4.74 Å². The average Bonchev–Trinajstić information content (AvgIpc) is 3.01. The van der Waals surface area contributed by atoms with E-state index in [0.717, 1.165) is 27.9 Å². The molecule has 0 aromatic carbocycles. The smallest absolute Gasteiger partial charge is 0.317 e. The number of aryl methyl sites for hydroxylation is 2. The fourth-order valence-electron chi connectivity index (χ4n) is 2.59. The maximum absolute atomic E-state index is 12.2. The number of aromatic nitrogens is 3. The molecule has 0 saturated heterocycles. The number of methoxy groups -OCH3 is 1. The Morgan fingerprint density at radius 3 is 2.71 bits per heavy atom. The van der Waals surface area contributed by atoms with Crippen LogP contribution in [0.25, 0.3) is 0 Å². The van der Waals surface area contributed by atoms with E-state index in [0.29, 0.717) is 0 Å². The SMILES string of the molecule is COC(=O)C1C(C)=Nc2cc(C)nn2C1c1nc(C)cs1. The van der Waals surface area contributed by atoms with Crippen LogP contribution in [0.4, 0.5) is 5.82 Å². The Labute approximate surface area is 126 Å². The Balaban J connectivity index is 2.18. The van der Waals surface area contributed by atoms with E-state index in [1.165, 1.54) is 18.4 Å². The van der Waals surface area contributed by atoms with Gasteiger partial charge in [-0.25, -0.2) is 14.7 Å². The number of esters is 1. The second-order valence-electron chi connectivity index (χ2n) is 5.11. The van der Waals surface area contributed by atoms with Gasteiger partial charge in [-0.2, -0.15) is 5.10 Å². The first-order valence-electron chi connectivity index (χ1n) is 6.62. The second kappa shape index (κ2) is 5.07. The monoisotopic (exact) mass is 304 g/mol. The molecule has 2 aromatic rings. The molecular formula is C14H16N4O2S. The molecule has 0 saturated carbocycles. The van der Waals surface area contributed by atoms with Crippen molar-refractivity contribution < 1.29 is 9.53 Å². The van der Waals surface area contributed by atoms with Gasteiger partial charge in [0.25, 0.3) is 0 Å². The van der Waals surface area contributed by atoms with Crippen molar-refractivity contribution in [3.05, 3.63) is 27.8 Å². The van der Waals surface area contributed by atoms with Gasteiger partial charge in [-0.05, 0) is 20.8 Å². The molecule has 7 heteroatoms. The normalized spacial score (nSPS) is 20.9. The Hall–Kier alpha value is -2.02. The first-order valence-corrected chi connectivity index (χ1v) is 7.50. The molecule has 6 nitrogen and oxygen atoms in total. The third-order valence-corrected chi connectivity index (χ3v) is 4.54. The maximum Gasteiger partial charge on any atom is 0.317 e. The lowest BCUT2D eigenvalue weighted by atomic mass is 9.94. The third-order valence-electron chi connectivity index (χ3n) is 3.50. The molecule has 3 heterocycles. The van der Waals surface area contributed by atoms with Gasteiger partial charge in [0.15, 0.2) is 5.82 Å². The Morgan fingerprint density at radius 2 is 2.10 bits per heavy atom. The van der Waals surface area contributed by atoms with Crippen LogP contribution in [0.15, 0.2) is 16.4 Å². The van der Waals surface area contributed by atoms with Gasteiger partial charge in [0.1, 0.15) is 17.0 Å². The van der Waals surface area contributed by atoms with E-state index in [1.54, 1.807) is 4.68 Å². The van der Waals surface area contributed by atoms with Crippen molar-refractivity contribution >= 4 is 28.8 Å². The lowest BCUT2D eigenvalue weighted by Crippen LogP contribution is -2.36. The number of hydrogen-bond donors (Lipinski definition) is 0. The molecule has 21 heavy (non-hydrogen) atoms. The molecule has 2 unspecified atom stereocenters. The highest BCUT2D eigenvalue weighted by Crippen LogP contribution is 2.38. The molecule has 1 aliphatic rings. The van der Waals surface area contributed by atoms with Gasteiger partial charge in [0.2, 0.25) is 0 Å². The largest absolute Gasteiger partial charge is 0.468 e. The first-order chi connectivity index (χ1) is 10.0. The van der Waals surface area contributed by atoms with E-state index in [2.05, 4.69) is 15.1 Å². The number of hydrogen-bond acceptors (Lipinski definition) is 6. The van der Waals surface area contributed by atoms with E-state index in [9.17, 15) is 4.79 Å². The van der Waals surface area contributed by atoms with Gasteiger partial charge in [0.05, 0.1) is 12.8 Å². The van der Waals surface area contributed by atoms with E-state index < -0.39 is 5.92 Å². The number of fused-ring (bicyclic) bond motifs is 1. The highest BCUT2D eigenvalue weighted by molar-refractivity contribution is 7.09. The summed E-state index contributed by atoms with van der Waals surface area (Å²) in [5.74, 6) is -0.0525. The minimum Gasteiger partial charge on any atom is -0.468 e. The Kier molecular flexibility index (Phi) is 3.36. The molecule has 3 rings (SSSR count). The molecule has 110 valence electrons. The summed E-state index contributed by atoms with van der Waals surface area (Å²) in [6.07, 6.45) is 0. The standard InChI is InChI=1S/C14H16N4O2S/c1-7-5-10-16-9(3)11(14(19)20-4)12(18(10)17-7)13-15-8(2)6-21-13/h5-6,11-12H,1-4H3. The van der Waals surface area contributed by atoms with Crippen LogP contribution < -0.4 is 0 Å². The number of nitrogens with zero attached hydrogens (tertiary/aromatic N) is 4. The molecular weight excluding hydrogens is 288 g/mol. The summed E-state index contributed by atoms with van der Waals surface area (Å²) in [4.78, 5) is 21.2. The number of carbonyl (C=O) groups excluding carboxylic acids is 1. The predicted molar refractivity (Wildman–Crippen MR) is 80.2 cm³/mol. The summed E-state index contributed by atoms with van der Waals surface area (Å²) < 4.78 is 6.74. The molecule has 0 bridgehead atoms. The Bertz CT molecular complexity index is 731. The van der Waals surface area contributed by atoms with Gasteiger partial charge in [-0.1, -0.05) is 0 Å². The van der Waals surface area contributed by atoms with E-state index >= 15 is 0 Å². The number of aliphatic imine (C=N–C) groups is 1. The van der Waals surface area contributed by atoms with Crippen molar-refractivity contribution in [1.82, 2.24) is 14.8 Å². The summed E-state index contributed by atoms with van der Waals surface area (Å²) in [6, 6.07) is 1.61. The highest BCUT2D eigenvalue weighted by atomic mass is 32.1. The highest BCUT2D eigenvalue weighted by Gasteiger charge is 2.40. The quantitative estimate of drug-likeness (QED) is 0.799. The second-order valence-corrected chi connectivity index (χ2v) is 6.00. The topological polar surface area (TPSA) is 69.4 Å². The molecule has 0 radical (unpaired) electrons. The van der Waals surface area contributed by atoms with Crippen LogP contribution in [-0.2, 0) is 9.53 Å². The molecule has 0 fully saturated rings. The molecule has 0 aliphatic carbocycles. The maximum atomic E-state index is 12.2. The van der Waals surface area contributed by atoms with Crippen molar-refractivity contribution in [3.8, 4) is 0 Å². The summed E-state index contributed by atoms with van der Waals surface area (Å²) in [5, 5.41) is 7.31. The van der Waals surface area contributed by atoms with Crippen LogP contribution in [0, 0.1) is 19.8 Å². The van der Waals surface area contributed by atoms with Crippen molar-refractivity contribution in [2.24, 2.45) is 10.9 Å². The lowest BCUT2D eigenvalue weighted by molar-refractivity contribution is -0.144. The number of rotatable bonds is 2. The first kappa shape index (κ1) is 13.9. The van der Waals surface area contributed by atoms with Crippen LogP contribution in [-0.4, -0.2) is 33.6 Å². The predicted octanol–water partition coefficient (Wildman–Crippen LogP) is 2.44. The van der Waals surface area contributed by atoms with Gasteiger partial charge in [0, 0.05) is 22.9 Å². The zero-order chi connectivity index (χ0) is 15.1. The molecule has 0 spiro atoms. The third kappa shape index (κ3) is 2.27. The van der Waals surface area contributed by atoms with E-state index in [-0.39, 0.29) is 12.0 Å². The summed E-state index contributed by atoms with van der Waals surface area (Å²) >= 11 is 1.53. The molecule has 0 N–H and O–H groups in total. The molecule has 2 aromatic heterocycles. The fraction of sp³-hybridized carbons (Fsp3) is 0.429. The van der Waals surface area contributed by atoms with Crippen LogP contribution in [0.3, 0.4) is 0 Å². The Morgan fingerprint density at radius 1 is 1.33 bits per heavy atom. The van der Waals surface area contributed by atoms with Crippen molar-refractivity contribution in [1.29, 1.82) is 0 Å². The van der Waals surface area contributed by atoms with Crippen LogP contribution in [0.2, 0.25) is 0 Å². The van der Waals surface area contributed by atoms with Crippen molar-refractivity contribution in [3.63, 3.8) is 0 Å². The van der Waals surface area contributed by atoms with Gasteiger partial charge < -0.3 is 4.74 Å². The number of carbonyl (C=O) groups is 1. The zero-order valence-corrected chi connectivity index (χ0v) is 13.1. The van der Waals surface area contributed by atoms with Crippen LogP contribution in [0.1, 0.15) is 29.4 Å². The van der Waals surface area contributed by atoms with Crippen molar-refractivity contribution in [2.75, 3.05) is 7.11 Å². The van der Waals surface area contributed by atoms with Gasteiger partial charge in [-0.15, -0.1) is 11.3 Å². The van der Waals surface area contributed by atoms with Crippen LogP contribution >= 0.6 is 11.3 Å². The molecule has 1 aliphatic heterocycles. The molecule has 2 atom stereocenters. The van der Waals surface area contributed by atoms with E-state index in [1.807, 2.05) is 32.2 Å². The number of thiazole rings is 1. The minimum atomic E-state index is -0.493. The van der Waals surface area contributed by atoms with Gasteiger partial charge >= 0.3 is 5.97 Å². The lowest BCUT2D eigenvalue weighted by Gasteiger charge is -2.28. The summed E-state index contributed by atoms with van der Waals surface area (Å²) in [6.45, 7) is 5.69. The number of ether oxygens (including phenoxy) is 1. The summed E-state index contributed by atoms with van der Waals surface area (Å²) in [7, 11) is 1.39. The average molecular weight is 304 g/mol. The minimum absolute atomic E-state index is 0.294. The fourth-order valence-corrected chi connectivity index (χ4v) is 3.51. The van der Waals surface area contributed by atoms with Gasteiger partial charge in [-0.3, -0.25) is 4.79 Å². The zero-order valence-electron chi connectivity index (χ0n) is 12.3.